The third kappa shape index (κ3) is 3.30. The van der Waals surface area contributed by atoms with E-state index < -0.39 is 0 Å². The molecule has 2 atom stereocenters. The number of pyridine rings is 1. The first kappa shape index (κ1) is 18.6. The van der Waals surface area contributed by atoms with Crippen LogP contribution in [0.1, 0.15) is 38.0 Å². The summed E-state index contributed by atoms with van der Waals surface area (Å²) in [4.78, 5) is 7.36. The lowest BCUT2D eigenvalue weighted by Crippen LogP contribution is -2.44. The van der Waals surface area contributed by atoms with Crippen molar-refractivity contribution in [2.45, 2.75) is 45.4 Å². The summed E-state index contributed by atoms with van der Waals surface area (Å²) in [7, 11) is 1.97. The standard InChI is InChI=1S/C21H28N6O2/c1-14-12-17(26-9-11-28-13-15(26)2)22-20-19(24-25(3)21(14)20)16-7-8-27(23-16)18-6-4-5-10-29-18/h7-8,12,15,18H,4-6,9-11,13H2,1-3H3/t15-,18?/m1/s1. The Morgan fingerprint density at radius 2 is 2.07 bits per heavy atom. The van der Waals surface area contributed by atoms with Crippen molar-refractivity contribution in [1.82, 2.24) is 24.5 Å². The van der Waals surface area contributed by atoms with Gasteiger partial charge in [-0.15, -0.1) is 0 Å². The maximum Gasteiger partial charge on any atom is 0.150 e. The minimum Gasteiger partial charge on any atom is -0.377 e. The average Bonchev–Trinajstić information content (AvgIpc) is 3.34. The molecular formula is C21H28N6O2. The van der Waals surface area contributed by atoms with E-state index in [-0.39, 0.29) is 6.23 Å². The number of hydrogen-bond donors (Lipinski definition) is 0. The van der Waals surface area contributed by atoms with E-state index in [0.29, 0.717) is 6.04 Å². The third-order valence-corrected chi connectivity index (χ3v) is 5.93. The topological polar surface area (TPSA) is 70.2 Å². The van der Waals surface area contributed by atoms with Crippen molar-refractivity contribution in [2.75, 3.05) is 31.3 Å². The van der Waals surface area contributed by atoms with E-state index in [1.165, 1.54) is 12.0 Å². The van der Waals surface area contributed by atoms with Crippen LogP contribution in [0.25, 0.3) is 22.4 Å². The number of fused-ring (bicyclic) bond motifs is 1. The number of rotatable bonds is 3. The Kier molecular flexibility index (Phi) is 4.75. The molecule has 154 valence electrons. The Morgan fingerprint density at radius 1 is 1.17 bits per heavy atom. The quantitative estimate of drug-likeness (QED) is 0.678. The maximum atomic E-state index is 5.88. The molecule has 1 unspecified atom stereocenters. The van der Waals surface area contributed by atoms with Crippen LogP contribution in [0.15, 0.2) is 18.3 Å². The van der Waals surface area contributed by atoms with Gasteiger partial charge in [0.1, 0.15) is 29.0 Å². The number of hydrogen-bond acceptors (Lipinski definition) is 6. The number of anilines is 1. The second kappa shape index (κ2) is 7.42. The molecule has 0 amide bonds. The van der Waals surface area contributed by atoms with Crippen molar-refractivity contribution in [3.8, 4) is 11.4 Å². The van der Waals surface area contributed by atoms with Gasteiger partial charge in [0.05, 0.1) is 24.8 Å². The minimum absolute atomic E-state index is 0.0203. The van der Waals surface area contributed by atoms with Crippen molar-refractivity contribution in [3.05, 3.63) is 23.9 Å². The van der Waals surface area contributed by atoms with Gasteiger partial charge in [-0.2, -0.15) is 10.2 Å². The maximum absolute atomic E-state index is 5.88. The van der Waals surface area contributed by atoms with E-state index in [4.69, 9.17) is 24.7 Å². The predicted molar refractivity (Wildman–Crippen MR) is 111 cm³/mol. The second-order valence-corrected chi connectivity index (χ2v) is 8.09. The van der Waals surface area contributed by atoms with Crippen molar-refractivity contribution in [1.29, 1.82) is 0 Å². The monoisotopic (exact) mass is 396 g/mol. The number of morpholine rings is 1. The van der Waals surface area contributed by atoms with Crippen molar-refractivity contribution < 1.29 is 9.47 Å². The van der Waals surface area contributed by atoms with Gasteiger partial charge in [-0.05, 0) is 50.8 Å². The van der Waals surface area contributed by atoms with E-state index in [0.717, 1.165) is 67.4 Å². The number of aryl methyl sites for hydroxylation is 2. The molecule has 0 bridgehead atoms. The highest BCUT2D eigenvalue weighted by atomic mass is 16.5. The molecule has 2 aliphatic rings. The van der Waals surface area contributed by atoms with Crippen LogP contribution in [-0.4, -0.2) is 57.0 Å². The highest BCUT2D eigenvalue weighted by Gasteiger charge is 2.24. The van der Waals surface area contributed by atoms with Crippen LogP contribution >= 0.6 is 0 Å². The molecule has 3 aromatic heterocycles. The molecule has 29 heavy (non-hydrogen) atoms. The lowest BCUT2D eigenvalue weighted by atomic mass is 10.1. The Labute approximate surface area is 170 Å². The predicted octanol–water partition coefficient (Wildman–Crippen LogP) is 3.06. The summed E-state index contributed by atoms with van der Waals surface area (Å²) in [6.07, 6.45) is 5.31. The molecule has 0 aromatic carbocycles. The lowest BCUT2D eigenvalue weighted by Gasteiger charge is -2.34. The molecule has 0 radical (unpaired) electrons. The molecule has 5 rings (SSSR count). The van der Waals surface area contributed by atoms with Crippen LogP contribution in [0.2, 0.25) is 0 Å². The Hall–Kier alpha value is -2.45. The van der Waals surface area contributed by atoms with Crippen LogP contribution in [0, 0.1) is 6.92 Å². The minimum atomic E-state index is 0.0203. The summed E-state index contributed by atoms with van der Waals surface area (Å²) >= 11 is 0. The fraction of sp³-hybridized carbons (Fsp3) is 0.571. The molecule has 0 N–H and O–H groups in total. The van der Waals surface area contributed by atoms with Crippen LogP contribution in [0.4, 0.5) is 5.82 Å². The highest BCUT2D eigenvalue weighted by molar-refractivity contribution is 5.92. The molecule has 5 heterocycles. The van der Waals surface area contributed by atoms with Gasteiger partial charge in [0.2, 0.25) is 0 Å². The van der Waals surface area contributed by atoms with E-state index >= 15 is 0 Å². The fourth-order valence-electron chi connectivity index (χ4n) is 4.41. The van der Waals surface area contributed by atoms with E-state index in [1.54, 1.807) is 0 Å². The van der Waals surface area contributed by atoms with Gasteiger partial charge in [0.25, 0.3) is 0 Å². The number of nitrogens with zero attached hydrogens (tertiary/aromatic N) is 6. The summed E-state index contributed by atoms with van der Waals surface area (Å²) in [5, 5.41) is 9.58. The van der Waals surface area contributed by atoms with E-state index in [1.807, 2.05) is 28.7 Å². The summed E-state index contributed by atoms with van der Waals surface area (Å²) in [5.74, 6) is 0.982. The van der Waals surface area contributed by atoms with Crippen molar-refractivity contribution >= 4 is 16.9 Å². The summed E-state index contributed by atoms with van der Waals surface area (Å²) in [5.41, 5.74) is 4.77. The zero-order valence-electron chi connectivity index (χ0n) is 17.3. The summed E-state index contributed by atoms with van der Waals surface area (Å²) in [6, 6.07) is 4.47. The molecule has 0 spiro atoms. The van der Waals surface area contributed by atoms with Crippen LogP contribution in [0.5, 0.6) is 0 Å². The fourth-order valence-corrected chi connectivity index (χ4v) is 4.41. The van der Waals surface area contributed by atoms with Gasteiger partial charge in [0.15, 0.2) is 0 Å². The molecule has 8 heteroatoms. The van der Waals surface area contributed by atoms with Crippen LogP contribution in [-0.2, 0) is 16.5 Å². The summed E-state index contributed by atoms with van der Waals surface area (Å²) in [6.45, 7) is 7.41. The van der Waals surface area contributed by atoms with Gasteiger partial charge in [-0.1, -0.05) is 0 Å². The molecular weight excluding hydrogens is 368 g/mol. The molecule has 0 saturated carbocycles. The van der Waals surface area contributed by atoms with Gasteiger partial charge >= 0.3 is 0 Å². The first-order valence-electron chi connectivity index (χ1n) is 10.5. The van der Waals surface area contributed by atoms with Crippen LogP contribution < -0.4 is 4.90 Å². The van der Waals surface area contributed by atoms with Gasteiger partial charge in [-0.25, -0.2) is 9.67 Å². The Balaban J connectivity index is 1.56. The lowest BCUT2D eigenvalue weighted by molar-refractivity contribution is -0.0393. The molecule has 2 saturated heterocycles. The molecule has 2 aliphatic heterocycles. The van der Waals surface area contributed by atoms with E-state index in [9.17, 15) is 0 Å². The highest BCUT2D eigenvalue weighted by Crippen LogP contribution is 2.31. The van der Waals surface area contributed by atoms with E-state index in [2.05, 4.69) is 24.8 Å². The zero-order chi connectivity index (χ0) is 20.0. The third-order valence-electron chi connectivity index (χ3n) is 5.93. The average molecular weight is 396 g/mol. The first-order chi connectivity index (χ1) is 14.1. The SMILES string of the molecule is Cc1cc(N2CCOC[C@H]2C)nc2c(-c3ccn(C4CCCCO4)n3)nn(C)c12. The smallest absolute Gasteiger partial charge is 0.150 e. The molecule has 2 fully saturated rings. The first-order valence-corrected chi connectivity index (χ1v) is 10.5. The van der Waals surface area contributed by atoms with Crippen LogP contribution in [0.3, 0.4) is 0 Å². The summed E-state index contributed by atoms with van der Waals surface area (Å²) < 4.78 is 15.3. The van der Waals surface area contributed by atoms with Gasteiger partial charge < -0.3 is 14.4 Å². The van der Waals surface area contributed by atoms with Gasteiger partial charge in [0, 0.05) is 26.4 Å². The second-order valence-electron chi connectivity index (χ2n) is 8.09. The largest absolute Gasteiger partial charge is 0.377 e. The normalized spacial score (nSPS) is 23.1. The van der Waals surface area contributed by atoms with Crippen molar-refractivity contribution in [2.24, 2.45) is 7.05 Å². The zero-order valence-corrected chi connectivity index (χ0v) is 17.3. The molecule has 8 nitrogen and oxygen atoms in total. The molecule has 3 aromatic rings. The van der Waals surface area contributed by atoms with Crippen molar-refractivity contribution in [3.63, 3.8) is 0 Å². The Morgan fingerprint density at radius 3 is 2.86 bits per heavy atom. The Bertz CT molecular complexity index is 1020. The van der Waals surface area contributed by atoms with Gasteiger partial charge in [-0.3, -0.25) is 4.68 Å². The number of aromatic nitrogens is 5. The number of ether oxygens (including phenoxy) is 2. The molecule has 0 aliphatic carbocycles.